The summed E-state index contributed by atoms with van der Waals surface area (Å²) in [6.45, 7) is 4.67. The molecule has 1 spiro atoms. The van der Waals surface area contributed by atoms with Gasteiger partial charge in [0.25, 0.3) is 0 Å². The summed E-state index contributed by atoms with van der Waals surface area (Å²) < 4.78 is 11.6. The summed E-state index contributed by atoms with van der Waals surface area (Å²) >= 11 is 0. The number of hydrogen-bond acceptors (Lipinski definition) is 3. The second kappa shape index (κ2) is 5.20. The van der Waals surface area contributed by atoms with E-state index in [9.17, 15) is 5.11 Å². The predicted molar refractivity (Wildman–Crippen MR) is 82.8 cm³/mol. The van der Waals surface area contributed by atoms with Gasteiger partial charge in [-0.1, -0.05) is 13.8 Å². The zero-order chi connectivity index (χ0) is 15.1. The predicted octanol–water partition coefficient (Wildman–Crippen LogP) is 4.24. The highest BCUT2D eigenvalue weighted by atomic mass is 16.5. The lowest BCUT2D eigenvalue weighted by Gasteiger charge is -2.41. The van der Waals surface area contributed by atoms with Crippen LogP contribution in [0, 0.1) is 5.41 Å². The van der Waals surface area contributed by atoms with E-state index in [2.05, 4.69) is 13.8 Å². The van der Waals surface area contributed by atoms with Gasteiger partial charge in [0.1, 0.15) is 17.1 Å². The highest BCUT2D eigenvalue weighted by Gasteiger charge is 2.43. The van der Waals surface area contributed by atoms with E-state index in [-0.39, 0.29) is 5.60 Å². The third kappa shape index (κ3) is 2.89. The van der Waals surface area contributed by atoms with E-state index < -0.39 is 6.10 Å². The molecular formula is C18H26O3. The molecule has 3 heteroatoms. The van der Waals surface area contributed by atoms with Gasteiger partial charge in [-0.05, 0) is 55.7 Å². The highest BCUT2D eigenvalue weighted by Crippen LogP contribution is 2.48. The van der Waals surface area contributed by atoms with Gasteiger partial charge in [0, 0.05) is 12.0 Å². The Morgan fingerprint density at radius 1 is 1.19 bits per heavy atom. The average Bonchev–Trinajstić information content (AvgIpc) is 2.58. The van der Waals surface area contributed by atoms with Crippen molar-refractivity contribution in [3.05, 3.63) is 23.8 Å². The summed E-state index contributed by atoms with van der Waals surface area (Å²) in [6.07, 6.45) is 5.88. The molecule has 116 valence electrons. The minimum Gasteiger partial charge on any atom is -0.497 e. The van der Waals surface area contributed by atoms with Crippen molar-refractivity contribution in [2.45, 2.75) is 64.1 Å². The molecule has 1 aliphatic carbocycles. The number of aliphatic hydroxyl groups excluding tert-OH is 1. The van der Waals surface area contributed by atoms with Crippen molar-refractivity contribution in [1.82, 2.24) is 0 Å². The topological polar surface area (TPSA) is 38.7 Å². The smallest absolute Gasteiger partial charge is 0.126 e. The fourth-order valence-electron chi connectivity index (χ4n) is 3.76. The maximum Gasteiger partial charge on any atom is 0.126 e. The SMILES string of the molecule is COc1ccc2c(c1)[C@@H](O)CC1(CCCC(C)(C)CC1)O2. The van der Waals surface area contributed by atoms with Crippen LogP contribution in [0.15, 0.2) is 18.2 Å². The van der Waals surface area contributed by atoms with E-state index in [1.807, 2.05) is 18.2 Å². The van der Waals surface area contributed by atoms with Crippen molar-refractivity contribution in [2.24, 2.45) is 5.41 Å². The minimum atomic E-state index is -0.454. The molecule has 0 aromatic heterocycles. The van der Waals surface area contributed by atoms with Crippen molar-refractivity contribution in [3.63, 3.8) is 0 Å². The van der Waals surface area contributed by atoms with Gasteiger partial charge in [0.15, 0.2) is 0 Å². The average molecular weight is 290 g/mol. The van der Waals surface area contributed by atoms with Gasteiger partial charge in [-0.3, -0.25) is 0 Å². The molecule has 2 aliphatic rings. The first-order valence-electron chi connectivity index (χ1n) is 7.98. The Kier molecular flexibility index (Phi) is 3.64. The quantitative estimate of drug-likeness (QED) is 0.840. The fourth-order valence-corrected chi connectivity index (χ4v) is 3.76. The van der Waals surface area contributed by atoms with Crippen LogP contribution in [0.5, 0.6) is 11.5 Å². The molecule has 3 rings (SSSR count). The first kappa shape index (κ1) is 14.7. The lowest BCUT2D eigenvalue weighted by molar-refractivity contribution is -0.0261. The first-order chi connectivity index (χ1) is 9.93. The van der Waals surface area contributed by atoms with Gasteiger partial charge >= 0.3 is 0 Å². The van der Waals surface area contributed by atoms with Gasteiger partial charge in [0.05, 0.1) is 13.2 Å². The third-order valence-electron chi connectivity index (χ3n) is 5.21. The largest absolute Gasteiger partial charge is 0.497 e. The summed E-state index contributed by atoms with van der Waals surface area (Å²) in [4.78, 5) is 0. The molecule has 1 heterocycles. The van der Waals surface area contributed by atoms with Crippen molar-refractivity contribution in [1.29, 1.82) is 0 Å². The maximum absolute atomic E-state index is 10.6. The monoisotopic (exact) mass is 290 g/mol. The number of methoxy groups -OCH3 is 1. The molecular weight excluding hydrogens is 264 g/mol. The van der Waals surface area contributed by atoms with Crippen LogP contribution in [0.1, 0.15) is 64.0 Å². The van der Waals surface area contributed by atoms with Crippen LogP contribution in [-0.2, 0) is 0 Å². The molecule has 1 aromatic rings. The van der Waals surface area contributed by atoms with E-state index in [0.29, 0.717) is 11.8 Å². The van der Waals surface area contributed by atoms with Gasteiger partial charge in [-0.25, -0.2) is 0 Å². The van der Waals surface area contributed by atoms with Crippen molar-refractivity contribution >= 4 is 0 Å². The second-order valence-corrected chi connectivity index (χ2v) is 7.43. The van der Waals surface area contributed by atoms with Crippen LogP contribution in [0.25, 0.3) is 0 Å². The molecule has 0 bridgehead atoms. The van der Waals surface area contributed by atoms with Crippen molar-refractivity contribution < 1.29 is 14.6 Å². The Bertz CT molecular complexity index is 523. The Morgan fingerprint density at radius 2 is 2.00 bits per heavy atom. The zero-order valence-corrected chi connectivity index (χ0v) is 13.3. The lowest BCUT2D eigenvalue weighted by atomic mass is 9.81. The summed E-state index contributed by atoms with van der Waals surface area (Å²) in [5, 5.41) is 10.6. The highest BCUT2D eigenvalue weighted by molar-refractivity contribution is 5.43. The Balaban J connectivity index is 1.87. The number of hydrogen-bond donors (Lipinski definition) is 1. The summed E-state index contributed by atoms with van der Waals surface area (Å²) in [5.74, 6) is 1.60. The molecule has 1 aromatic carbocycles. The number of ether oxygens (including phenoxy) is 2. The molecule has 1 N–H and O–H groups in total. The number of rotatable bonds is 1. The molecule has 1 fully saturated rings. The van der Waals surface area contributed by atoms with Crippen molar-refractivity contribution in [2.75, 3.05) is 7.11 Å². The maximum atomic E-state index is 10.6. The van der Waals surface area contributed by atoms with Crippen LogP contribution >= 0.6 is 0 Å². The van der Waals surface area contributed by atoms with Gasteiger partial charge in [-0.15, -0.1) is 0 Å². The lowest BCUT2D eigenvalue weighted by Crippen LogP contribution is -2.40. The van der Waals surface area contributed by atoms with E-state index in [0.717, 1.165) is 36.3 Å². The normalized spacial score (nSPS) is 31.1. The van der Waals surface area contributed by atoms with Crippen molar-refractivity contribution in [3.8, 4) is 11.5 Å². The van der Waals surface area contributed by atoms with Crippen LogP contribution in [0.2, 0.25) is 0 Å². The Morgan fingerprint density at radius 3 is 2.76 bits per heavy atom. The van der Waals surface area contributed by atoms with Crippen LogP contribution < -0.4 is 9.47 Å². The van der Waals surface area contributed by atoms with Gasteiger partial charge in [0.2, 0.25) is 0 Å². The number of fused-ring (bicyclic) bond motifs is 1. The molecule has 2 atom stereocenters. The van der Waals surface area contributed by atoms with Gasteiger partial charge in [-0.2, -0.15) is 0 Å². The molecule has 0 radical (unpaired) electrons. The van der Waals surface area contributed by atoms with Crippen LogP contribution in [0.4, 0.5) is 0 Å². The van der Waals surface area contributed by atoms with E-state index in [4.69, 9.17) is 9.47 Å². The first-order valence-corrected chi connectivity index (χ1v) is 7.98. The van der Waals surface area contributed by atoms with E-state index >= 15 is 0 Å². The van der Waals surface area contributed by atoms with Gasteiger partial charge < -0.3 is 14.6 Å². The minimum absolute atomic E-state index is 0.186. The Labute approximate surface area is 127 Å². The zero-order valence-electron chi connectivity index (χ0n) is 13.3. The number of benzene rings is 1. The van der Waals surface area contributed by atoms with E-state index in [1.54, 1.807) is 7.11 Å². The molecule has 0 amide bonds. The molecule has 1 aliphatic heterocycles. The molecule has 3 nitrogen and oxygen atoms in total. The second-order valence-electron chi connectivity index (χ2n) is 7.43. The Hall–Kier alpha value is -1.22. The third-order valence-corrected chi connectivity index (χ3v) is 5.21. The molecule has 0 saturated heterocycles. The van der Waals surface area contributed by atoms with Crippen LogP contribution in [-0.4, -0.2) is 17.8 Å². The molecule has 1 saturated carbocycles. The molecule has 21 heavy (non-hydrogen) atoms. The summed E-state index contributed by atoms with van der Waals surface area (Å²) in [6, 6.07) is 5.74. The fraction of sp³-hybridized carbons (Fsp3) is 0.667. The molecule has 1 unspecified atom stereocenters. The summed E-state index contributed by atoms with van der Waals surface area (Å²) in [7, 11) is 1.65. The standard InChI is InChI=1S/C18H26O3/c1-17(2)7-4-8-18(10-9-17)12-15(19)14-11-13(20-3)5-6-16(14)21-18/h5-6,11,15,19H,4,7-10,12H2,1-3H3/t15-,18?/m0/s1. The summed E-state index contributed by atoms with van der Waals surface area (Å²) in [5.41, 5.74) is 1.07. The number of aliphatic hydroxyl groups is 1. The van der Waals surface area contributed by atoms with E-state index in [1.165, 1.54) is 12.8 Å². The van der Waals surface area contributed by atoms with Crippen LogP contribution in [0.3, 0.4) is 0 Å².